The lowest BCUT2D eigenvalue weighted by molar-refractivity contribution is -0.0205. The number of aliphatic hydroxyl groups is 2. The van der Waals surface area contributed by atoms with Gasteiger partial charge in [0.15, 0.2) is 0 Å². The molecule has 0 spiro atoms. The van der Waals surface area contributed by atoms with Crippen molar-refractivity contribution in [3.05, 3.63) is 24.3 Å². The molecule has 0 radical (unpaired) electrons. The van der Waals surface area contributed by atoms with Crippen molar-refractivity contribution in [3.8, 4) is 5.75 Å². The summed E-state index contributed by atoms with van der Waals surface area (Å²) in [5.41, 5.74) is 0.624. The third-order valence-electron chi connectivity index (χ3n) is 5.67. The number of piperidine rings is 1. The zero-order valence-electron chi connectivity index (χ0n) is 16.5. The zero-order chi connectivity index (χ0) is 20.1. The summed E-state index contributed by atoms with van der Waals surface area (Å²) >= 11 is 0. The summed E-state index contributed by atoms with van der Waals surface area (Å²) in [6.45, 7) is 4.01. The van der Waals surface area contributed by atoms with Gasteiger partial charge in [-0.1, -0.05) is 13.0 Å². The number of carbonyl (C=O) groups excluding carboxylic acids is 1. The van der Waals surface area contributed by atoms with Crippen molar-refractivity contribution in [1.82, 2.24) is 10.2 Å². The standard InChI is InChI=1S/C20H31N3O5/c1-13-6-8-23(9-7-13)18-16(28-17(12-24)19(18)25)11-21-20(26)22-14-4-3-5-15(10-14)27-2/h3-5,10,13,16-19,24-25H,6-9,11-12H2,1-2H3,(H2,21,22,26)/t16-,17+,18-,19-/m1/s1. The number of methoxy groups -OCH3 is 1. The highest BCUT2D eigenvalue weighted by atomic mass is 16.5. The van der Waals surface area contributed by atoms with Gasteiger partial charge in [-0.05, 0) is 44.0 Å². The lowest BCUT2D eigenvalue weighted by Crippen LogP contribution is -2.53. The fourth-order valence-electron chi connectivity index (χ4n) is 3.99. The van der Waals surface area contributed by atoms with Crippen molar-refractivity contribution < 1.29 is 24.5 Å². The lowest BCUT2D eigenvalue weighted by Gasteiger charge is -2.38. The minimum Gasteiger partial charge on any atom is -0.497 e. The smallest absolute Gasteiger partial charge is 0.319 e. The van der Waals surface area contributed by atoms with Gasteiger partial charge in [0.25, 0.3) is 0 Å². The van der Waals surface area contributed by atoms with Crippen molar-refractivity contribution >= 4 is 11.7 Å². The van der Waals surface area contributed by atoms with Crippen LogP contribution in [-0.4, -0.2) is 78.8 Å². The van der Waals surface area contributed by atoms with E-state index in [4.69, 9.17) is 9.47 Å². The third-order valence-corrected chi connectivity index (χ3v) is 5.67. The van der Waals surface area contributed by atoms with Crippen LogP contribution in [0.15, 0.2) is 24.3 Å². The molecule has 0 aliphatic carbocycles. The van der Waals surface area contributed by atoms with E-state index < -0.39 is 12.2 Å². The van der Waals surface area contributed by atoms with Crippen LogP contribution in [-0.2, 0) is 4.74 Å². The fraction of sp³-hybridized carbons (Fsp3) is 0.650. The van der Waals surface area contributed by atoms with Crippen molar-refractivity contribution in [2.24, 2.45) is 5.92 Å². The highest BCUT2D eigenvalue weighted by molar-refractivity contribution is 5.89. The first-order valence-corrected chi connectivity index (χ1v) is 9.89. The fourth-order valence-corrected chi connectivity index (χ4v) is 3.99. The molecule has 1 aromatic rings. The summed E-state index contributed by atoms with van der Waals surface area (Å²) in [5, 5.41) is 25.7. The van der Waals surface area contributed by atoms with Gasteiger partial charge in [0.05, 0.1) is 25.9 Å². The number of carbonyl (C=O) groups is 1. The van der Waals surface area contributed by atoms with Crippen LogP contribution in [0.25, 0.3) is 0 Å². The predicted octanol–water partition coefficient (Wildman–Crippen LogP) is 1.04. The van der Waals surface area contributed by atoms with E-state index in [0.29, 0.717) is 17.4 Å². The summed E-state index contributed by atoms with van der Waals surface area (Å²) in [7, 11) is 1.57. The molecule has 2 heterocycles. The van der Waals surface area contributed by atoms with E-state index in [0.717, 1.165) is 25.9 Å². The minimum atomic E-state index is -0.772. The second kappa shape index (κ2) is 9.56. The quantitative estimate of drug-likeness (QED) is 0.576. The van der Waals surface area contributed by atoms with Crippen LogP contribution in [0.1, 0.15) is 19.8 Å². The maximum absolute atomic E-state index is 12.3. The molecule has 3 rings (SSSR count). The number of aliphatic hydroxyl groups excluding tert-OH is 2. The number of amides is 2. The van der Waals surface area contributed by atoms with Gasteiger partial charge < -0.3 is 30.3 Å². The van der Waals surface area contributed by atoms with Crippen LogP contribution in [0.4, 0.5) is 10.5 Å². The van der Waals surface area contributed by atoms with Gasteiger partial charge in [-0.25, -0.2) is 4.79 Å². The van der Waals surface area contributed by atoms with E-state index in [1.54, 1.807) is 31.4 Å². The first-order valence-electron chi connectivity index (χ1n) is 9.89. The Balaban J connectivity index is 1.58. The molecule has 0 saturated carbocycles. The normalized spacial score (nSPS) is 28.9. The van der Waals surface area contributed by atoms with E-state index in [2.05, 4.69) is 22.5 Å². The van der Waals surface area contributed by atoms with Gasteiger partial charge in [0, 0.05) is 18.3 Å². The number of urea groups is 1. The molecule has 0 aromatic heterocycles. The van der Waals surface area contributed by atoms with E-state index in [9.17, 15) is 15.0 Å². The molecule has 0 bridgehead atoms. The van der Waals surface area contributed by atoms with E-state index >= 15 is 0 Å². The molecule has 8 heteroatoms. The van der Waals surface area contributed by atoms with Gasteiger partial charge in [0.1, 0.15) is 18.0 Å². The van der Waals surface area contributed by atoms with Crippen LogP contribution < -0.4 is 15.4 Å². The molecule has 4 atom stereocenters. The molecule has 2 amide bonds. The van der Waals surface area contributed by atoms with E-state index in [1.165, 1.54) is 0 Å². The molecule has 1 aromatic carbocycles. The maximum Gasteiger partial charge on any atom is 0.319 e. The Bertz CT molecular complexity index is 650. The summed E-state index contributed by atoms with van der Waals surface area (Å²) in [5.74, 6) is 1.33. The number of benzene rings is 1. The topological polar surface area (TPSA) is 103 Å². The molecular formula is C20H31N3O5. The van der Waals surface area contributed by atoms with Crippen LogP contribution in [0.3, 0.4) is 0 Å². The monoisotopic (exact) mass is 393 g/mol. The van der Waals surface area contributed by atoms with Crippen molar-refractivity contribution in [2.45, 2.75) is 44.1 Å². The number of nitrogens with one attached hydrogen (secondary N) is 2. The summed E-state index contributed by atoms with van der Waals surface area (Å²) in [6.07, 6.45) is 0.369. The molecule has 2 saturated heterocycles. The maximum atomic E-state index is 12.3. The average Bonchev–Trinajstić information content (AvgIpc) is 3.02. The molecule has 2 aliphatic rings. The Labute approximate surface area is 165 Å². The Hall–Kier alpha value is -1.87. The minimum absolute atomic E-state index is 0.234. The van der Waals surface area contributed by atoms with Gasteiger partial charge in [-0.2, -0.15) is 0 Å². The molecule has 28 heavy (non-hydrogen) atoms. The number of hydrogen-bond acceptors (Lipinski definition) is 6. The van der Waals surface area contributed by atoms with Crippen LogP contribution in [0, 0.1) is 5.92 Å². The highest BCUT2D eigenvalue weighted by Gasteiger charge is 2.46. The SMILES string of the molecule is COc1cccc(NC(=O)NC[C@H]2O[C@@H](CO)[C@@H](O)[C@@H]2N2CCC(C)CC2)c1. The summed E-state index contributed by atoms with van der Waals surface area (Å²) in [6, 6.07) is 6.51. The summed E-state index contributed by atoms with van der Waals surface area (Å²) in [4.78, 5) is 14.5. The number of anilines is 1. The Kier molecular flexibility index (Phi) is 7.12. The Morgan fingerprint density at radius 3 is 2.75 bits per heavy atom. The van der Waals surface area contributed by atoms with Crippen LogP contribution in [0.2, 0.25) is 0 Å². The second-order valence-electron chi connectivity index (χ2n) is 7.66. The first kappa shape index (κ1) is 20.9. The molecule has 0 unspecified atom stereocenters. The van der Waals surface area contributed by atoms with Gasteiger partial charge in [-0.3, -0.25) is 4.90 Å². The second-order valence-corrected chi connectivity index (χ2v) is 7.66. The average molecular weight is 393 g/mol. The van der Waals surface area contributed by atoms with Gasteiger partial charge in [-0.15, -0.1) is 0 Å². The number of likely N-dealkylation sites (tertiary alicyclic amines) is 1. The largest absolute Gasteiger partial charge is 0.497 e. The molecule has 156 valence electrons. The molecular weight excluding hydrogens is 362 g/mol. The molecule has 4 N–H and O–H groups in total. The number of ether oxygens (including phenoxy) is 2. The van der Waals surface area contributed by atoms with E-state index in [1.807, 2.05) is 0 Å². The van der Waals surface area contributed by atoms with Crippen molar-refractivity contribution in [2.75, 3.05) is 38.7 Å². The molecule has 8 nitrogen and oxygen atoms in total. The third kappa shape index (κ3) is 4.94. The Morgan fingerprint density at radius 2 is 2.07 bits per heavy atom. The Morgan fingerprint density at radius 1 is 1.32 bits per heavy atom. The van der Waals surface area contributed by atoms with Gasteiger partial charge in [0.2, 0.25) is 0 Å². The number of hydrogen-bond donors (Lipinski definition) is 4. The lowest BCUT2D eigenvalue weighted by atomic mass is 9.94. The molecule has 2 aliphatic heterocycles. The number of nitrogens with zero attached hydrogens (tertiary/aromatic N) is 1. The van der Waals surface area contributed by atoms with Crippen LogP contribution >= 0.6 is 0 Å². The van der Waals surface area contributed by atoms with Gasteiger partial charge >= 0.3 is 6.03 Å². The highest BCUT2D eigenvalue weighted by Crippen LogP contribution is 2.29. The molecule has 2 fully saturated rings. The zero-order valence-corrected chi connectivity index (χ0v) is 16.5. The predicted molar refractivity (Wildman–Crippen MR) is 106 cm³/mol. The van der Waals surface area contributed by atoms with E-state index in [-0.39, 0.29) is 31.3 Å². The van der Waals surface area contributed by atoms with Crippen LogP contribution in [0.5, 0.6) is 5.75 Å². The number of rotatable bonds is 6. The summed E-state index contributed by atoms with van der Waals surface area (Å²) < 4.78 is 11.0. The van der Waals surface area contributed by atoms with Crippen molar-refractivity contribution in [1.29, 1.82) is 0 Å². The first-order chi connectivity index (χ1) is 13.5. The van der Waals surface area contributed by atoms with Crippen molar-refractivity contribution in [3.63, 3.8) is 0 Å².